The van der Waals surface area contributed by atoms with Gasteiger partial charge in [0.2, 0.25) is 0 Å². The standard InChI is InChI=1S/C20H20ClF4N3O3/c1-12(27-19(29)10-30-14-2-3-16(21)17(22)8-14)4-5-28-9-18(26-11-28)13-6-15(7-13)31-20(23,24)25/h2-3,8-9,11,13,15H,1,4-7,10H2,(H,27,29)/t13-,15+. The van der Waals surface area contributed by atoms with Gasteiger partial charge in [0, 0.05) is 36.8 Å². The van der Waals surface area contributed by atoms with Crippen LogP contribution in [0.1, 0.15) is 30.9 Å². The summed E-state index contributed by atoms with van der Waals surface area (Å²) in [4.78, 5) is 16.2. The third-order valence-corrected chi connectivity index (χ3v) is 5.02. The van der Waals surface area contributed by atoms with Crippen LogP contribution in [0.25, 0.3) is 0 Å². The van der Waals surface area contributed by atoms with Crippen LogP contribution in [0.4, 0.5) is 17.6 Å². The predicted molar refractivity (Wildman–Crippen MR) is 104 cm³/mol. The van der Waals surface area contributed by atoms with Crippen LogP contribution in [0.3, 0.4) is 0 Å². The molecule has 0 radical (unpaired) electrons. The van der Waals surface area contributed by atoms with Gasteiger partial charge in [-0.15, -0.1) is 13.2 Å². The summed E-state index contributed by atoms with van der Waals surface area (Å²) in [6, 6.07) is 3.86. The van der Waals surface area contributed by atoms with Gasteiger partial charge in [0.05, 0.1) is 23.1 Å². The Balaban J connectivity index is 1.36. The molecular formula is C20H20ClF4N3O3. The molecule has 1 amide bonds. The molecule has 0 saturated heterocycles. The number of amides is 1. The van der Waals surface area contributed by atoms with E-state index in [0.717, 1.165) is 6.07 Å². The highest BCUT2D eigenvalue weighted by Gasteiger charge is 2.41. The number of halogens is 5. The van der Waals surface area contributed by atoms with E-state index in [1.807, 2.05) is 0 Å². The summed E-state index contributed by atoms with van der Waals surface area (Å²) in [7, 11) is 0. The minimum absolute atomic E-state index is 0.0420. The highest BCUT2D eigenvalue weighted by Crippen LogP contribution is 2.40. The van der Waals surface area contributed by atoms with Gasteiger partial charge in [-0.05, 0) is 25.0 Å². The fraction of sp³-hybridized carbons (Fsp3) is 0.400. The molecule has 1 aromatic carbocycles. The first-order valence-corrected chi connectivity index (χ1v) is 9.78. The van der Waals surface area contributed by atoms with E-state index < -0.39 is 24.2 Å². The van der Waals surface area contributed by atoms with Gasteiger partial charge in [0.15, 0.2) is 6.61 Å². The van der Waals surface area contributed by atoms with Gasteiger partial charge >= 0.3 is 6.36 Å². The van der Waals surface area contributed by atoms with Gasteiger partial charge < -0.3 is 14.6 Å². The summed E-state index contributed by atoms with van der Waals surface area (Å²) in [6.45, 7) is 3.94. The Hall–Kier alpha value is -2.59. The number of hydrogen-bond donors (Lipinski definition) is 1. The van der Waals surface area contributed by atoms with Crippen LogP contribution in [0.5, 0.6) is 5.75 Å². The number of hydrogen-bond acceptors (Lipinski definition) is 4. The number of aromatic nitrogens is 2. The Morgan fingerprint density at radius 1 is 1.35 bits per heavy atom. The zero-order valence-corrected chi connectivity index (χ0v) is 17.0. The number of rotatable bonds is 9. The lowest BCUT2D eigenvalue weighted by atomic mass is 9.80. The second-order valence-corrected chi connectivity index (χ2v) is 7.56. The molecule has 1 heterocycles. The number of imidazole rings is 1. The highest BCUT2D eigenvalue weighted by molar-refractivity contribution is 6.30. The molecule has 1 aliphatic rings. The average Bonchev–Trinajstić information content (AvgIpc) is 3.11. The molecule has 2 aromatic rings. The first kappa shape index (κ1) is 23.1. The number of nitrogens with zero attached hydrogens (tertiary/aromatic N) is 2. The average molecular weight is 462 g/mol. The third-order valence-electron chi connectivity index (χ3n) is 4.72. The van der Waals surface area contributed by atoms with Crippen LogP contribution in [-0.2, 0) is 16.1 Å². The topological polar surface area (TPSA) is 65.4 Å². The Morgan fingerprint density at radius 3 is 2.77 bits per heavy atom. The lowest BCUT2D eigenvalue weighted by molar-refractivity contribution is -0.351. The fourth-order valence-electron chi connectivity index (χ4n) is 3.08. The van der Waals surface area contributed by atoms with Crippen molar-refractivity contribution < 1.29 is 31.8 Å². The van der Waals surface area contributed by atoms with Crippen LogP contribution in [-0.4, -0.2) is 34.5 Å². The molecule has 0 aliphatic heterocycles. The maximum absolute atomic E-state index is 13.4. The summed E-state index contributed by atoms with van der Waals surface area (Å²) >= 11 is 5.58. The maximum Gasteiger partial charge on any atom is 0.522 e. The van der Waals surface area contributed by atoms with E-state index in [-0.39, 0.29) is 36.1 Å². The van der Waals surface area contributed by atoms with Gasteiger partial charge in [0.1, 0.15) is 11.6 Å². The van der Waals surface area contributed by atoms with Gasteiger partial charge in [-0.2, -0.15) is 0 Å². The van der Waals surface area contributed by atoms with E-state index in [2.05, 4.69) is 21.6 Å². The Kier molecular flexibility index (Phi) is 7.22. The van der Waals surface area contributed by atoms with Gasteiger partial charge in [-0.3, -0.25) is 9.53 Å². The van der Waals surface area contributed by atoms with Gasteiger partial charge in [-0.1, -0.05) is 18.2 Å². The van der Waals surface area contributed by atoms with E-state index in [0.29, 0.717) is 24.4 Å². The van der Waals surface area contributed by atoms with E-state index in [1.165, 1.54) is 12.1 Å². The van der Waals surface area contributed by atoms with E-state index >= 15 is 0 Å². The molecule has 0 bridgehead atoms. The second kappa shape index (κ2) is 9.69. The van der Waals surface area contributed by atoms with Crippen LogP contribution in [0.2, 0.25) is 5.02 Å². The molecule has 6 nitrogen and oxygen atoms in total. The Bertz CT molecular complexity index is 942. The number of allylic oxidation sites excluding steroid dienone is 1. The van der Waals surface area contributed by atoms with Crippen LogP contribution >= 0.6 is 11.6 Å². The quantitative estimate of drug-likeness (QED) is 0.556. The smallest absolute Gasteiger partial charge is 0.484 e. The minimum atomic E-state index is -4.62. The van der Waals surface area contributed by atoms with E-state index in [9.17, 15) is 22.4 Å². The van der Waals surface area contributed by atoms with Crippen molar-refractivity contribution in [1.82, 2.24) is 14.9 Å². The molecule has 31 heavy (non-hydrogen) atoms. The molecule has 168 valence electrons. The molecule has 1 aliphatic carbocycles. The van der Waals surface area contributed by atoms with Crippen molar-refractivity contribution in [3.05, 3.63) is 59.5 Å². The van der Waals surface area contributed by atoms with E-state index in [4.69, 9.17) is 16.3 Å². The van der Waals surface area contributed by atoms with Crippen molar-refractivity contribution >= 4 is 17.5 Å². The number of alkyl halides is 3. The number of carbonyl (C=O) groups excluding carboxylic acids is 1. The molecule has 1 saturated carbocycles. The molecule has 11 heteroatoms. The van der Waals surface area contributed by atoms with Gasteiger partial charge in [-0.25, -0.2) is 9.37 Å². The Morgan fingerprint density at radius 2 is 2.10 bits per heavy atom. The SMILES string of the molecule is C=C(CCn1cnc([C@H]2C[C@@H](OC(F)(F)F)C2)c1)NC(=O)COc1ccc(Cl)c(F)c1. The molecule has 1 N–H and O–H groups in total. The normalized spacial score (nSPS) is 18.4. The minimum Gasteiger partial charge on any atom is -0.484 e. The first-order chi connectivity index (χ1) is 14.6. The van der Waals surface area contributed by atoms with Crippen molar-refractivity contribution in [2.45, 2.75) is 44.2 Å². The van der Waals surface area contributed by atoms with Crippen molar-refractivity contribution in [2.24, 2.45) is 0 Å². The molecule has 0 spiro atoms. The van der Waals surface area contributed by atoms with Crippen LogP contribution < -0.4 is 10.1 Å². The predicted octanol–water partition coefficient (Wildman–Crippen LogP) is 4.56. The van der Waals surface area contributed by atoms with Crippen LogP contribution in [0.15, 0.2) is 43.0 Å². The first-order valence-electron chi connectivity index (χ1n) is 9.41. The fourth-order valence-corrected chi connectivity index (χ4v) is 3.20. The molecule has 1 aromatic heterocycles. The second-order valence-electron chi connectivity index (χ2n) is 7.16. The zero-order chi connectivity index (χ0) is 22.6. The summed E-state index contributed by atoms with van der Waals surface area (Å²) in [5, 5.41) is 2.55. The summed E-state index contributed by atoms with van der Waals surface area (Å²) in [6.07, 6.45) is -1.12. The van der Waals surface area contributed by atoms with Gasteiger partial charge in [0.25, 0.3) is 5.91 Å². The number of benzene rings is 1. The van der Waals surface area contributed by atoms with E-state index in [1.54, 1.807) is 17.1 Å². The third kappa shape index (κ3) is 6.96. The molecule has 3 rings (SSSR count). The lowest BCUT2D eigenvalue weighted by Crippen LogP contribution is -2.34. The zero-order valence-electron chi connectivity index (χ0n) is 16.3. The van der Waals surface area contributed by atoms with Crippen molar-refractivity contribution in [1.29, 1.82) is 0 Å². The summed E-state index contributed by atoms with van der Waals surface area (Å²) < 4.78 is 60.9. The highest BCUT2D eigenvalue weighted by atomic mass is 35.5. The number of aryl methyl sites for hydroxylation is 1. The molecular weight excluding hydrogens is 442 g/mol. The van der Waals surface area contributed by atoms with Crippen molar-refractivity contribution in [3.8, 4) is 5.75 Å². The maximum atomic E-state index is 13.4. The van der Waals surface area contributed by atoms with Crippen molar-refractivity contribution in [3.63, 3.8) is 0 Å². The largest absolute Gasteiger partial charge is 0.522 e. The molecule has 0 atom stereocenters. The Labute approximate surface area is 180 Å². The van der Waals surface area contributed by atoms with Crippen LogP contribution in [0, 0.1) is 5.82 Å². The molecule has 1 fully saturated rings. The summed E-state index contributed by atoms with van der Waals surface area (Å²) in [5.41, 5.74) is 1.16. The number of carbonyl (C=O) groups is 1. The molecule has 0 unspecified atom stereocenters. The lowest BCUT2D eigenvalue weighted by Gasteiger charge is -2.34. The number of ether oxygens (including phenoxy) is 2. The monoisotopic (exact) mass is 461 g/mol. The summed E-state index contributed by atoms with van der Waals surface area (Å²) in [5.74, 6) is -0.982. The number of nitrogens with one attached hydrogen (secondary N) is 1. The van der Waals surface area contributed by atoms with Crippen molar-refractivity contribution in [2.75, 3.05) is 6.61 Å².